The van der Waals surface area contributed by atoms with Crippen molar-refractivity contribution in [3.8, 4) is 0 Å². The van der Waals surface area contributed by atoms with Gasteiger partial charge in [0.1, 0.15) is 17.2 Å². The molecule has 0 radical (unpaired) electrons. The summed E-state index contributed by atoms with van der Waals surface area (Å²) < 4.78 is 0. The number of carbonyl (C=O) groups is 1. The number of β-amino-alcohol motifs (C(OH)–C–C–N with tert-alkyl or cyclic N) is 1. The first kappa shape index (κ1) is 16.0. The molecule has 25 heavy (non-hydrogen) atoms. The number of aliphatic hydroxyl groups is 1. The number of amides is 1. The fraction of sp³-hybridized carbons (Fsp3) is 0.444. The number of nitrogens with one attached hydrogen (secondary N) is 1. The van der Waals surface area contributed by atoms with E-state index in [2.05, 4.69) is 20.3 Å². The lowest BCUT2D eigenvalue weighted by Crippen LogP contribution is -2.45. The van der Waals surface area contributed by atoms with Crippen LogP contribution in [0.5, 0.6) is 0 Å². The summed E-state index contributed by atoms with van der Waals surface area (Å²) in [5.74, 6) is 1.87. The molecule has 1 saturated carbocycles. The van der Waals surface area contributed by atoms with E-state index in [1.54, 1.807) is 18.6 Å². The summed E-state index contributed by atoms with van der Waals surface area (Å²) in [7, 11) is 0. The number of pyridine rings is 1. The smallest absolute Gasteiger partial charge is 0.254 e. The van der Waals surface area contributed by atoms with Crippen LogP contribution in [0.25, 0.3) is 0 Å². The molecule has 0 aromatic carbocycles. The average Bonchev–Trinajstić information content (AvgIpc) is 3.43. The van der Waals surface area contributed by atoms with Crippen LogP contribution in [0.1, 0.15) is 41.4 Å². The number of hydrogen-bond donors (Lipinski definition) is 2. The molecule has 7 heteroatoms. The first-order valence-electron chi connectivity index (χ1n) is 8.61. The third-order valence-electron chi connectivity index (χ3n) is 4.76. The third kappa shape index (κ3) is 3.61. The summed E-state index contributed by atoms with van der Waals surface area (Å²) in [5.41, 5.74) is -0.533. The van der Waals surface area contributed by atoms with Crippen molar-refractivity contribution in [1.29, 1.82) is 0 Å². The van der Waals surface area contributed by atoms with E-state index in [1.165, 1.54) is 0 Å². The van der Waals surface area contributed by atoms with Gasteiger partial charge in [-0.25, -0.2) is 15.0 Å². The average molecular weight is 339 g/mol. The standard InChI is InChI=1S/C18H21N5O2/c24-17(14-9-20-16(21-10-14)13-4-5-13)22-11-18(25)6-8-23(12-18)15-3-1-2-7-19-15/h1-3,7,9-10,13,25H,4-6,8,11-12H2,(H,22,24). The van der Waals surface area contributed by atoms with Gasteiger partial charge in [-0.1, -0.05) is 6.07 Å². The molecule has 2 aromatic heterocycles. The maximum absolute atomic E-state index is 12.3. The molecule has 4 rings (SSSR count). The molecular formula is C18H21N5O2. The fourth-order valence-electron chi connectivity index (χ4n) is 3.09. The summed E-state index contributed by atoms with van der Waals surface area (Å²) in [6, 6.07) is 5.71. The molecule has 130 valence electrons. The van der Waals surface area contributed by atoms with E-state index >= 15 is 0 Å². The summed E-state index contributed by atoms with van der Waals surface area (Å²) >= 11 is 0. The van der Waals surface area contributed by atoms with E-state index in [-0.39, 0.29) is 12.5 Å². The quantitative estimate of drug-likeness (QED) is 0.848. The van der Waals surface area contributed by atoms with Crippen LogP contribution in [0.4, 0.5) is 5.82 Å². The monoisotopic (exact) mass is 339 g/mol. The van der Waals surface area contributed by atoms with Crippen molar-refractivity contribution in [3.63, 3.8) is 0 Å². The second-order valence-corrected chi connectivity index (χ2v) is 6.87. The Morgan fingerprint density at radius 3 is 2.76 bits per heavy atom. The van der Waals surface area contributed by atoms with Crippen molar-refractivity contribution >= 4 is 11.7 Å². The summed E-state index contributed by atoms with van der Waals surface area (Å²) in [5, 5.41) is 13.5. The van der Waals surface area contributed by atoms with E-state index in [0.29, 0.717) is 31.0 Å². The topological polar surface area (TPSA) is 91.2 Å². The lowest BCUT2D eigenvalue weighted by Gasteiger charge is -2.24. The zero-order chi connectivity index (χ0) is 17.3. The summed E-state index contributed by atoms with van der Waals surface area (Å²) in [6.45, 7) is 1.35. The lowest BCUT2D eigenvalue weighted by atomic mass is 10.0. The largest absolute Gasteiger partial charge is 0.386 e. The molecule has 1 unspecified atom stereocenters. The van der Waals surface area contributed by atoms with Crippen molar-refractivity contribution in [2.75, 3.05) is 24.5 Å². The van der Waals surface area contributed by atoms with Gasteiger partial charge in [-0.15, -0.1) is 0 Å². The normalized spacial score (nSPS) is 22.8. The molecule has 3 heterocycles. The fourth-order valence-corrected chi connectivity index (χ4v) is 3.09. The Hall–Kier alpha value is -2.54. The molecule has 2 fully saturated rings. The molecule has 1 aliphatic heterocycles. The maximum atomic E-state index is 12.3. The Kier molecular flexibility index (Phi) is 4.09. The third-order valence-corrected chi connectivity index (χ3v) is 4.76. The molecule has 1 saturated heterocycles. The van der Waals surface area contributed by atoms with Gasteiger partial charge in [0.25, 0.3) is 5.91 Å². The minimum atomic E-state index is -0.956. The molecule has 2 aliphatic rings. The van der Waals surface area contributed by atoms with Crippen LogP contribution in [-0.2, 0) is 0 Å². The first-order valence-corrected chi connectivity index (χ1v) is 8.61. The van der Waals surface area contributed by atoms with Gasteiger partial charge in [0, 0.05) is 44.1 Å². The SMILES string of the molecule is O=C(NCC1(O)CCN(c2ccccn2)C1)c1cnc(C2CC2)nc1. The van der Waals surface area contributed by atoms with E-state index in [0.717, 1.165) is 24.5 Å². The van der Waals surface area contributed by atoms with Crippen LogP contribution in [0.3, 0.4) is 0 Å². The molecule has 2 N–H and O–H groups in total. The molecule has 7 nitrogen and oxygen atoms in total. The van der Waals surface area contributed by atoms with Gasteiger partial charge < -0.3 is 15.3 Å². The molecule has 1 atom stereocenters. The number of carbonyl (C=O) groups excluding carboxylic acids is 1. The van der Waals surface area contributed by atoms with E-state index in [9.17, 15) is 9.90 Å². The summed E-state index contributed by atoms with van der Waals surface area (Å²) in [6.07, 6.45) is 7.71. The lowest BCUT2D eigenvalue weighted by molar-refractivity contribution is 0.0575. The Morgan fingerprint density at radius 1 is 1.28 bits per heavy atom. The van der Waals surface area contributed by atoms with Gasteiger partial charge in [-0.3, -0.25) is 4.79 Å². The first-order chi connectivity index (χ1) is 12.1. The maximum Gasteiger partial charge on any atom is 0.254 e. The molecule has 2 aromatic rings. The van der Waals surface area contributed by atoms with Gasteiger partial charge in [0.05, 0.1) is 5.56 Å². The molecule has 0 bridgehead atoms. The zero-order valence-electron chi connectivity index (χ0n) is 13.9. The summed E-state index contributed by atoms with van der Waals surface area (Å²) in [4.78, 5) is 27.1. The highest BCUT2D eigenvalue weighted by Gasteiger charge is 2.37. The van der Waals surface area contributed by atoms with Gasteiger partial charge in [0.2, 0.25) is 0 Å². The van der Waals surface area contributed by atoms with Crippen molar-refractivity contribution in [2.24, 2.45) is 0 Å². The molecular weight excluding hydrogens is 318 g/mol. The van der Waals surface area contributed by atoms with Crippen LogP contribution in [0, 0.1) is 0 Å². The van der Waals surface area contributed by atoms with Crippen LogP contribution in [-0.4, -0.2) is 51.2 Å². The Labute approximate surface area is 146 Å². The van der Waals surface area contributed by atoms with Crippen LogP contribution in [0.15, 0.2) is 36.8 Å². The Balaban J connectivity index is 1.33. The van der Waals surface area contributed by atoms with E-state index < -0.39 is 5.60 Å². The minimum Gasteiger partial charge on any atom is -0.386 e. The highest BCUT2D eigenvalue weighted by Crippen LogP contribution is 2.37. The Morgan fingerprint density at radius 2 is 2.08 bits per heavy atom. The highest BCUT2D eigenvalue weighted by atomic mass is 16.3. The molecule has 0 spiro atoms. The molecule has 1 amide bonds. The number of aromatic nitrogens is 3. The van der Waals surface area contributed by atoms with Crippen LogP contribution in [0.2, 0.25) is 0 Å². The van der Waals surface area contributed by atoms with E-state index in [4.69, 9.17) is 0 Å². The van der Waals surface area contributed by atoms with Gasteiger partial charge >= 0.3 is 0 Å². The predicted octanol–water partition coefficient (Wildman–Crippen LogP) is 1.12. The van der Waals surface area contributed by atoms with Gasteiger partial charge in [-0.2, -0.15) is 0 Å². The Bertz CT molecular complexity index is 748. The van der Waals surface area contributed by atoms with Crippen molar-refractivity contribution in [1.82, 2.24) is 20.3 Å². The number of rotatable bonds is 5. The second-order valence-electron chi connectivity index (χ2n) is 6.87. The zero-order valence-corrected chi connectivity index (χ0v) is 13.9. The van der Waals surface area contributed by atoms with Gasteiger partial charge in [-0.05, 0) is 31.4 Å². The van der Waals surface area contributed by atoms with E-state index in [1.807, 2.05) is 23.1 Å². The van der Waals surface area contributed by atoms with Crippen molar-refractivity contribution in [2.45, 2.75) is 30.8 Å². The van der Waals surface area contributed by atoms with Crippen LogP contribution >= 0.6 is 0 Å². The number of hydrogen-bond acceptors (Lipinski definition) is 6. The predicted molar refractivity (Wildman–Crippen MR) is 92.4 cm³/mol. The second kappa shape index (κ2) is 6.40. The van der Waals surface area contributed by atoms with Crippen LogP contribution < -0.4 is 10.2 Å². The molecule has 1 aliphatic carbocycles. The number of nitrogens with zero attached hydrogens (tertiary/aromatic N) is 4. The van der Waals surface area contributed by atoms with Gasteiger partial charge in [0.15, 0.2) is 0 Å². The highest BCUT2D eigenvalue weighted by molar-refractivity contribution is 5.93. The number of anilines is 1. The van der Waals surface area contributed by atoms with Crippen molar-refractivity contribution in [3.05, 3.63) is 48.2 Å². The van der Waals surface area contributed by atoms with Crippen molar-refractivity contribution < 1.29 is 9.90 Å². The minimum absolute atomic E-state index is 0.194.